The maximum Gasteiger partial charge on any atom is 0.0562 e. The summed E-state index contributed by atoms with van der Waals surface area (Å²) in [5, 5.41) is 4.99. The summed E-state index contributed by atoms with van der Waals surface area (Å²) < 4.78 is 2.44. The SMILES string of the molecule is c1ccc(-c2cc(-c3ccccc3)cc(N3c4cc5c(cc4-c4cccc6cccc3c46)c3cc(-c4ccccc4)ccc3n5-c3ccccc3)c2)cc1. The fourth-order valence-electron chi connectivity index (χ4n) is 8.60. The van der Waals surface area contributed by atoms with E-state index in [4.69, 9.17) is 0 Å². The molecule has 0 fully saturated rings. The molecule has 0 spiro atoms. The number of para-hydroxylation sites is 1. The highest BCUT2D eigenvalue weighted by molar-refractivity contribution is 6.19. The van der Waals surface area contributed by atoms with E-state index in [-0.39, 0.29) is 0 Å². The average molecular weight is 687 g/mol. The van der Waals surface area contributed by atoms with Crippen LogP contribution in [0.1, 0.15) is 0 Å². The van der Waals surface area contributed by atoms with E-state index in [0.717, 1.165) is 11.4 Å². The standard InChI is InChI=1S/C52H34N2/c1-5-15-35(16-6-1)39-27-28-48-45(32-39)47-33-46-44-25-13-21-38-22-14-26-49(52(38)44)54(50(46)34-51(47)53(48)42-23-11-4-12-24-42)43-30-40(36-17-7-2-8-18-36)29-41(31-43)37-19-9-3-10-20-37/h1-34H. The monoisotopic (exact) mass is 686 g/mol. The lowest BCUT2D eigenvalue weighted by Gasteiger charge is -2.34. The number of fused-ring (bicyclic) bond motifs is 5. The number of benzene rings is 9. The molecule has 54 heavy (non-hydrogen) atoms. The molecule has 0 N–H and O–H groups in total. The van der Waals surface area contributed by atoms with Crippen LogP contribution in [0.4, 0.5) is 17.1 Å². The van der Waals surface area contributed by atoms with Crippen molar-refractivity contribution >= 4 is 49.6 Å². The van der Waals surface area contributed by atoms with Crippen molar-refractivity contribution in [1.82, 2.24) is 4.57 Å². The van der Waals surface area contributed by atoms with Gasteiger partial charge in [0, 0.05) is 33.1 Å². The van der Waals surface area contributed by atoms with E-state index < -0.39 is 0 Å². The predicted molar refractivity (Wildman–Crippen MR) is 228 cm³/mol. The molecule has 10 aromatic rings. The summed E-state index contributed by atoms with van der Waals surface area (Å²) in [5.74, 6) is 0. The topological polar surface area (TPSA) is 8.17 Å². The number of hydrogen-bond donors (Lipinski definition) is 0. The maximum absolute atomic E-state index is 2.51. The molecule has 1 aliphatic heterocycles. The highest BCUT2D eigenvalue weighted by atomic mass is 15.2. The zero-order valence-electron chi connectivity index (χ0n) is 29.5. The third-order valence-electron chi connectivity index (χ3n) is 11.0. The zero-order chi connectivity index (χ0) is 35.6. The lowest BCUT2D eigenvalue weighted by molar-refractivity contribution is 1.18. The van der Waals surface area contributed by atoms with Gasteiger partial charge in [-0.2, -0.15) is 0 Å². The molecule has 0 unspecified atom stereocenters. The minimum absolute atomic E-state index is 1.13. The fourth-order valence-corrected chi connectivity index (χ4v) is 8.60. The van der Waals surface area contributed by atoms with E-state index in [2.05, 4.69) is 216 Å². The number of rotatable bonds is 5. The van der Waals surface area contributed by atoms with E-state index in [1.807, 2.05) is 0 Å². The molecule has 252 valence electrons. The third-order valence-corrected chi connectivity index (χ3v) is 11.0. The van der Waals surface area contributed by atoms with Gasteiger partial charge in [0.2, 0.25) is 0 Å². The molecular weight excluding hydrogens is 653 g/mol. The summed E-state index contributed by atoms with van der Waals surface area (Å²) in [6.07, 6.45) is 0. The Bertz CT molecular complexity index is 2950. The van der Waals surface area contributed by atoms with Crippen LogP contribution in [0, 0.1) is 0 Å². The van der Waals surface area contributed by atoms with Crippen LogP contribution in [-0.2, 0) is 0 Å². The van der Waals surface area contributed by atoms with Crippen molar-refractivity contribution in [2.45, 2.75) is 0 Å². The Balaban J connectivity index is 1.25. The lowest BCUT2D eigenvalue weighted by Crippen LogP contribution is -2.15. The van der Waals surface area contributed by atoms with Crippen LogP contribution in [0.15, 0.2) is 206 Å². The summed E-state index contributed by atoms with van der Waals surface area (Å²) in [6, 6.07) is 75.4. The van der Waals surface area contributed by atoms with Crippen molar-refractivity contribution in [2.75, 3.05) is 4.90 Å². The van der Waals surface area contributed by atoms with Crippen molar-refractivity contribution < 1.29 is 0 Å². The van der Waals surface area contributed by atoms with Crippen LogP contribution >= 0.6 is 0 Å². The van der Waals surface area contributed by atoms with Crippen LogP contribution in [0.25, 0.3) is 82.8 Å². The minimum atomic E-state index is 1.13. The van der Waals surface area contributed by atoms with Crippen LogP contribution in [0.2, 0.25) is 0 Å². The van der Waals surface area contributed by atoms with Crippen molar-refractivity contribution in [3.05, 3.63) is 206 Å². The summed E-state index contributed by atoms with van der Waals surface area (Å²) in [5.41, 5.74) is 16.7. The first-order chi connectivity index (χ1) is 26.8. The highest BCUT2D eigenvalue weighted by Crippen LogP contribution is 2.53. The second-order valence-electron chi connectivity index (χ2n) is 14.2. The van der Waals surface area contributed by atoms with Gasteiger partial charge in [-0.3, -0.25) is 0 Å². The van der Waals surface area contributed by atoms with Gasteiger partial charge in [0.1, 0.15) is 0 Å². The van der Waals surface area contributed by atoms with Gasteiger partial charge in [0.05, 0.1) is 22.4 Å². The Morgan fingerprint density at radius 1 is 0.296 bits per heavy atom. The molecule has 0 amide bonds. The molecule has 0 aliphatic carbocycles. The maximum atomic E-state index is 2.51. The quantitative estimate of drug-likeness (QED) is 0.175. The van der Waals surface area contributed by atoms with Crippen LogP contribution in [-0.4, -0.2) is 4.57 Å². The zero-order valence-corrected chi connectivity index (χ0v) is 29.5. The Hall–Kier alpha value is -7.16. The van der Waals surface area contributed by atoms with Crippen molar-refractivity contribution in [1.29, 1.82) is 0 Å². The molecule has 0 bridgehead atoms. The van der Waals surface area contributed by atoms with E-state index in [1.54, 1.807) is 0 Å². The highest BCUT2D eigenvalue weighted by Gasteiger charge is 2.29. The smallest absolute Gasteiger partial charge is 0.0562 e. The van der Waals surface area contributed by atoms with Crippen molar-refractivity contribution in [2.24, 2.45) is 0 Å². The molecule has 9 aromatic carbocycles. The average Bonchev–Trinajstić information content (AvgIpc) is 3.57. The van der Waals surface area contributed by atoms with E-state index >= 15 is 0 Å². The predicted octanol–water partition coefficient (Wildman–Crippen LogP) is 14.4. The normalized spacial score (nSPS) is 12.0. The Labute approximate surface area is 314 Å². The van der Waals surface area contributed by atoms with E-state index in [1.165, 1.54) is 88.5 Å². The summed E-state index contributed by atoms with van der Waals surface area (Å²) in [6.45, 7) is 0. The summed E-state index contributed by atoms with van der Waals surface area (Å²) in [7, 11) is 0. The first kappa shape index (κ1) is 30.5. The molecule has 11 rings (SSSR count). The van der Waals surface area contributed by atoms with Gasteiger partial charge in [-0.05, 0) is 105 Å². The number of aromatic nitrogens is 1. The van der Waals surface area contributed by atoms with Crippen LogP contribution < -0.4 is 4.90 Å². The fraction of sp³-hybridized carbons (Fsp3) is 0. The molecule has 0 atom stereocenters. The Morgan fingerprint density at radius 3 is 1.52 bits per heavy atom. The van der Waals surface area contributed by atoms with Crippen LogP contribution in [0.5, 0.6) is 0 Å². The molecule has 2 nitrogen and oxygen atoms in total. The molecule has 2 heterocycles. The minimum Gasteiger partial charge on any atom is -0.309 e. The molecule has 0 saturated carbocycles. The Morgan fingerprint density at radius 2 is 0.870 bits per heavy atom. The first-order valence-electron chi connectivity index (χ1n) is 18.6. The van der Waals surface area contributed by atoms with Crippen molar-refractivity contribution in [3.8, 4) is 50.2 Å². The second kappa shape index (κ2) is 12.2. The Kier molecular flexibility index (Phi) is 6.90. The largest absolute Gasteiger partial charge is 0.309 e. The van der Waals surface area contributed by atoms with E-state index in [0.29, 0.717) is 0 Å². The van der Waals surface area contributed by atoms with Gasteiger partial charge in [-0.25, -0.2) is 0 Å². The molecule has 1 aliphatic rings. The number of hydrogen-bond acceptors (Lipinski definition) is 1. The van der Waals surface area contributed by atoms with Gasteiger partial charge in [0.25, 0.3) is 0 Å². The molecule has 1 aromatic heterocycles. The summed E-state index contributed by atoms with van der Waals surface area (Å²) in [4.78, 5) is 2.51. The molecular formula is C52H34N2. The number of anilines is 3. The van der Waals surface area contributed by atoms with Gasteiger partial charge < -0.3 is 9.47 Å². The van der Waals surface area contributed by atoms with Crippen molar-refractivity contribution in [3.63, 3.8) is 0 Å². The third kappa shape index (κ3) is 4.81. The van der Waals surface area contributed by atoms with Gasteiger partial charge in [-0.15, -0.1) is 0 Å². The summed E-state index contributed by atoms with van der Waals surface area (Å²) >= 11 is 0. The van der Waals surface area contributed by atoms with Gasteiger partial charge >= 0.3 is 0 Å². The van der Waals surface area contributed by atoms with Gasteiger partial charge in [0.15, 0.2) is 0 Å². The first-order valence-corrected chi connectivity index (χ1v) is 18.6. The van der Waals surface area contributed by atoms with E-state index in [9.17, 15) is 0 Å². The van der Waals surface area contributed by atoms with Crippen LogP contribution in [0.3, 0.4) is 0 Å². The lowest BCUT2D eigenvalue weighted by atomic mass is 9.89. The molecule has 0 radical (unpaired) electrons. The van der Waals surface area contributed by atoms with Gasteiger partial charge in [-0.1, -0.05) is 146 Å². The molecule has 2 heteroatoms. The molecule has 0 saturated heterocycles. The second-order valence-corrected chi connectivity index (χ2v) is 14.2. The number of nitrogens with zero attached hydrogens (tertiary/aromatic N) is 2.